The maximum absolute atomic E-state index is 13.1. The Labute approximate surface area is 184 Å². The minimum atomic E-state index is -0.489. The van der Waals surface area contributed by atoms with Gasteiger partial charge in [-0.15, -0.1) is 0 Å². The fourth-order valence-corrected chi connectivity index (χ4v) is 4.37. The summed E-state index contributed by atoms with van der Waals surface area (Å²) < 4.78 is 13.1. The number of rotatable bonds is 5. The molecule has 160 valence electrons. The van der Waals surface area contributed by atoms with E-state index in [1.54, 1.807) is 24.0 Å². The molecule has 1 N–H and O–H groups in total. The highest BCUT2D eigenvalue weighted by Gasteiger charge is 2.43. The molecular weight excluding hydrogens is 415 g/mol. The minimum absolute atomic E-state index is 0.0560. The molecule has 2 atom stereocenters. The summed E-state index contributed by atoms with van der Waals surface area (Å²) >= 11 is 1.23. The molecule has 31 heavy (non-hydrogen) atoms. The Kier molecular flexibility index (Phi) is 5.91. The molecular formula is C23H23FN4O2S. The third-order valence-electron chi connectivity index (χ3n) is 5.16. The molecule has 0 aromatic heterocycles. The zero-order valence-corrected chi connectivity index (χ0v) is 18.3. The van der Waals surface area contributed by atoms with Crippen LogP contribution in [0.3, 0.4) is 0 Å². The average molecular weight is 439 g/mol. The van der Waals surface area contributed by atoms with Crippen molar-refractivity contribution < 1.29 is 14.0 Å². The number of hydrogen-bond donors (Lipinski definition) is 1. The fraction of sp³-hybridized carbons (Fsp3) is 0.304. The van der Waals surface area contributed by atoms with Gasteiger partial charge in [0.25, 0.3) is 5.91 Å². The van der Waals surface area contributed by atoms with Crippen molar-refractivity contribution in [3.05, 3.63) is 65.5 Å². The number of carbonyl (C=O) groups excluding carboxylic acids is 2. The summed E-state index contributed by atoms with van der Waals surface area (Å²) in [5.74, 6) is 0.0179. The lowest BCUT2D eigenvalue weighted by molar-refractivity contribution is -0.125. The van der Waals surface area contributed by atoms with Crippen molar-refractivity contribution in [2.45, 2.75) is 38.6 Å². The Balaban J connectivity index is 1.52. The van der Waals surface area contributed by atoms with Crippen molar-refractivity contribution in [2.75, 3.05) is 0 Å². The van der Waals surface area contributed by atoms with E-state index < -0.39 is 11.3 Å². The predicted molar refractivity (Wildman–Crippen MR) is 121 cm³/mol. The maximum atomic E-state index is 13.1. The largest absolute Gasteiger partial charge is 0.351 e. The fourth-order valence-electron chi connectivity index (χ4n) is 3.43. The van der Waals surface area contributed by atoms with E-state index in [9.17, 15) is 14.0 Å². The second kappa shape index (κ2) is 8.63. The number of hydrogen-bond acceptors (Lipinski definition) is 5. The van der Waals surface area contributed by atoms with Gasteiger partial charge in [-0.05, 0) is 42.7 Å². The molecule has 8 heteroatoms. The molecule has 0 spiro atoms. The maximum Gasteiger partial charge on any atom is 0.259 e. The Morgan fingerprint density at radius 3 is 2.58 bits per heavy atom. The Hall–Kier alpha value is -3.00. The molecule has 2 heterocycles. The van der Waals surface area contributed by atoms with Crippen molar-refractivity contribution in [1.29, 1.82) is 0 Å². The molecule has 0 fully saturated rings. The summed E-state index contributed by atoms with van der Waals surface area (Å²) in [5.41, 5.74) is 2.35. The number of thioether (sulfide) groups is 1. The molecule has 2 aliphatic heterocycles. The molecule has 2 aliphatic rings. The van der Waals surface area contributed by atoms with Gasteiger partial charge in [-0.1, -0.05) is 49.9 Å². The van der Waals surface area contributed by atoms with E-state index in [4.69, 9.17) is 0 Å². The normalized spacial score (nSPS) is 18.3. The zero-order valence-electron chi connectivity index (χ0n) is 17.5. The average Bonchev–Trinajstić information content (AvgIpc) is 3.11. The molecule has 0 saturated carbocycles. The van der Waals surface area contributed by atoms with Gasteiger partial charge >= 0.3 is 0 Å². The van der Waals surface area contributed by atoms with Crippen LogP contribution >= 0.6 is 11.8 Å². The van der Waals surface area contributed by atoms with Crippen LogP contribution in [0.15, 0.2) is 58.5 Å². The van der Waals surface area contributed by atoms with Crippen LogP contribution in [0.2, 0.25) is 0 Å². The molecule has 6 nitrogen and oxygen atoms in total. The first-order chi connectivity index (χ1) is 14.8. The van der Waals surface area contributed by atoms with Gasteiger partial charge in [0.2, 0.25) is 5.91 Å². The Bertz CT molecular complexity index is 1080. The van der Waals surface area contributed by atoms with Gasteiger partial charge in [0.15, 0.2) is 5.17 Å². The van der Waals surface area contributed by atoms with Gasteiger partial charge in [-0.3, -0.25) is 14.6 Å². The van der Waals surface area contributed by atoms with Crippen LogP contribution in [-0.2, 0) is 16.1 Å². The van der Waals surface area contributed by atoms with Crippen LogP contribution in [0.5, 0.6) is 0 Å². The van der Waals surface area contributed by atoms with Gasteiger partial charge in [0.05, 0.1) is 10.9 Å². The van der Waals surface area contributed by atoms with Gasteiger partial charge in [0.1, 0.15) is 17.7 Å². The summed E-state index contributed by atoms with van der Waals surface area (Å²) in [4.78, 5) is 36.6. The van der Waals surface area contributed by atoms with E-state index in [0.717, 1.165) is 16.8 Å². The SMILES string of the molecule is CC(C)[C@H]1N=C2c3ccccc3N=C(S[C@H](C)C(=O)NCc3ccc(F)cc3)N2C1=O. The Morgan fingerprint density at radius 2 is 1.87 bits per heavy atom. The first-order valence-corrected chi connectivity index (χ1v) is 11.0. The van der Waals surface area contributed by atoms with Crippen molar-refractivity contribution in [1.82, 2.24) is 10.2 Å². The van der Waals surface area contributed by atoms with Crippen LogP contribution in [0, 0.1) is 11.7 Å². The number of amidine groups is 2. The molecule has 0 radical (unpaired) electrons. The van der Waals surface area contributed by atoms with Crippen LogP contribution in [0.1, 0.15) is 31.9 Å². The second-order valence-electron chi connectivity index (χ2n) is 7.83. The van der Waals surface area contributed by atoms with Gasteiger partial charge in [-0.2, -0.15) is 0 Å². The van der Waals surface area contributed by atoms with E-state index in [-0.39, 0.29) is 23.5 Å². The van der Waals surface area contributed by atoms with E-state index in [0.29, 0.717) is 17.5 Å². The standard InChI is InChI=1S/C23H23FN4O2S/c1-13(2)19-22(30)28-20(27-19)17-6-4-5-7-18(17)26-23(28)31-14(3)21(29)25-12-15-8-10-16(24)11-9-15/h4-11,13-14,19H,12H2,1-3H3,(H,25,29)/t14-,19-/m1/s1. The van der Waals surface area contributed by atoms with Gasteiger partial charge < -0.3 is 5.32 Å². The molecule has 2 aromatic rings. The number of para-hydroxylation sites is 1. The molecule has 0 unspecified atom stereocenters. The first-order valence-electron chi connectivity index (χ1n) is 10.1. The molecule has 0 saturated heterocycles. The number of amides is 2. The van der Waals surface area contributed by atoms with E-state index >= 15 is 0 Å². The lowest BCUT2D eigenvalue weighted by Gasteiger charge is -2.27. The van der Waals surface area contributed by atoms with Crippen LogP contribution in [0.25, 0.3) is 0 Å². The van der Waals surface area contributed by atoms with Crippen LogP contribution in [-0.4, -0.2) is 39.0 Å². The number of aliphatic imine (C=N–C) groups is 2. The third kappa shape index (κ3) is 4.25. The smallest absolute Gasteiger partial charge is 0.259 e. The number of nitrogens with zero attached hydrogens (tertiary/aromatic N) is 3. The lowest BCUT2D eigenvalue weighted by Crippen LogP contribution is -2.43. The molecule has 2 aromatic carbocycles. The quantitative estimate of drug-likeness (QED) is 0.770. The third-order valence-corrected chi connectivity index (χ3v) is 6.21. The molecule has 0 aliphatic carbocycles. The zero-order chi connectivity index (χ0) is 22.1. The van der Waals surface area contributed by atoms with Crippen molar-refractivity contribution in [3.63, 3.8) is 0 Å². The number of nitrogens with one attached hydrogen (secondary N) is 1. The minimum Gasteiger partial charge on any atom is -0.351 e. The monoisotopic (exact) mass is 438 g/mol. The Morgan fingerprint density at radius 1 is 1.16 bits per heavy atom. The number of benzene rings is 2. The predicted octanol–water partition coefficient (Wildman–Crippen LogP) is 3.88. The highest BCUT2D eigenvalue weighted by Crippen LogP contribution is 2.35. The number of fused-ring (bicyclic) bond motifs is 3. The number of halogens is 1. The van der Waals surface area contributed by atoms with Crippen molar-refractivity contribution in [3.8, 4) is 0 Å². The van der Waals surface area contributed by atoms with Gasteiger partial charge in [-0.25, -0.2) is 14.3 Å². The van der Waals surface area contributed by atoms with Gasteiger partial charge in [0, 0.05) is 12.1 Å². The van der Waals surface area contributed by atoms with Crippen molar-refractivity contribution >= 4 is 40.3 Å². The van der Waals surface area contributed by atoms with Crippen LogP contribution in [0.4, 0.5) is 10.1 Å². The summed E-state index contributed by atoms with van der Waals surface area (Å²) in [6, 6.07) is 13.1. The van der Waals surface area contributed by atoms with E-state index in [2.05, 4.69) is 15.3 Å². The topological polar surface area (TPSA) is 74.1 Å². The number of carbonyl (C=O) groups is 2. The van der Waals surface area contributed by atoms with E-state index in [1.807, 2.05) is 38.1 Å². The molecule has 2 amide bonds. The summed E-state index contributed by atoms with van der Waals surface area (Å²) in [6.45, 7) is 5.99. The van der Waals surface area contributed by atoms with Crippen LogP contribution < -0.4 is 5.32 Å². The summed E-state index contributed by atoms with van der Waals surface area (Å²) in [5, 5.41) is 2.82. The second-order valence-corrected chi connectivity index (χ2v) is 9.14. The first kappa shape index (κ1) is 21.2. The van der Waals surface area contributed by atoms with Crippen molar-refractivity contribution in [2.24, 2.45) is 15.9 Å². The highest BCUT2D eigenvalue weighted by atomic mass is 32.2. The molecule has 4 rings (SSSR count). The summed E-state index contributed by atoms with van der Waals surface area (Å²) in [7, 11) is 0. The highest BCUT2D eigenvalue weighted by molar-refractivity contribution is 8.15. The molecule has 0 bridgehead atoms. The van der Waals surface area contributed by atoms with E-state index in [1.165, 1.54) is 23.9 Å². The lowest BCUT2D eigenvalue weighted by atomic mass is 10.1. The summed E-state index contributed by atoms with van der Waals surface area (Å²) in [6.07, 6.45) is 0.